The van der Waals surface area contributed by atoms with Crippen molar-refractivity contribution in [2.45, 2.75) is 19.9 Å². The fraction of sp³-hybridized carbons (Fsp3) is 0.571. The number of piperazine rings is 1. The summed E-state index contributed by atoms with van der Waals surface area (Å²) < 4.78 is 0. The van der Waals surface area contributed by atoms with Crippen molar-refractivity contribution in [3.63, 3.8) is 0 Å². The Morgan fingerprint density at radius 2 is 1.83 bits per heavy atom. The number of aliphatic hydroxyl groups is 1. The van der Waals surface area contributed by atoms with Gasteiger partial charge in [0.2, 0.25) is 5.95 Å². The number of anilines is 2. The first-order valence-corrected chi connectivity index (χ1v) is 10.4. The summed E-state index contributed by atoms with van der Waals surface area (Å²) in [5.41, 5.74) is 1.81. The third-order valence-electron chi connectivity index (χ3n) is 5.35. The first-order chi connectivity index (χ1) is 14.0. The number of nitrogens with zero attached hydrogens (tertiary/aromatic N) is 5. The minimum atomic E-state index is -0.0964. The molecule has 2 aromatic heterocycles. The van der Waals surface area contributed by atoms with Crippen molar-refractivity contribution in [1.82, 2.24) is 24.8 Å². The molecule has 8 heteroatoms. The van der Waals surface area contributed by atoms with Crippen LogP contribution in [0.5, 0.6) is 0 Å². The first-order valence-electron chi connectivity index (χ1n) is 10.4. The number of aromatic nitrogens is 3. The van der Waals surface area contributed by atoms with Gasteiger partial charge in [0.05, 0.1) is 18.3 Å². The van der Waals surface area contributed by atoms with E-state index in [1.165, 1.54) is 0 Å². The second-order valence-electron chi connectivity index (χ2n) is 7.95. The van der Waals surface area contributed by atoms with E-state index in [0.717, 1.165) is 56.3 Å². The monoisotopic (exact) mass is 399 g/mol. The Kier molecular flexibility index (Phi) is 7.74. The van der Waals surface area contributed by atoms with E-state index >= 15 is 0 Å². The van der Waals surface area contributed by atoms with E-state index < -0.39 is 0 Å². The van der Waals surface area contributed by atoms with Gasteiger partial charge in [0, 0.05) is 63.3 Å². The quantitative estimate of drug-likeness (QED) is 0.586. The second kappa shape index (κ2) is 10.5. The highest BCUT2D eigenvalue weighted by Gasteiger charge is 2.16. The van der Waals surface area contributed by atoms with Crippen molar-refractivity contribution < 1.29 is 5.11 Å². The minimum absolute atomic E-state index is 0.0344. The molecule has 3 heterocycles. The van der Waals surface area contributed by atoms with Gasteiger partial charge in [-0.1, -0.05) is 13.8 Å². The van der Waals surface area contributed by atoms with Crippen molar-refractivity contribution in [2.75, 3.05) is 63.6 Å². The topological polar surface area (TPSA) is 89.4 Å². The molecule has 0 amide bonds. The molecule has 0 spiro atoms. The molecule has 0 radical (unpaired) electrons. The Morgan fingerprint density at radius 1 is 1.10 bits per heavy atom. The van der Waals surface area contributed by atoms with Crippen LogP contribution >= 0.6 is 0 Å². The van der Waals surface area contributed by atoms with Gasteiger partial charge in [0.1, 0.15) is 5.82 Å². The minimum Gasteiger partial charge on any atom is -0.394 e. The fourth-order valence-corrected chi connectivity index (χ4v) is 3.28. The molecule has 1 aliphatic rings. The van der Waals surface area contributed by atoms with Crippen LogP contribution in [0.2, 0.25) is 0 Å². The molecule has 0 bridgehead atoms. The Morgan fingerprint density at radius 3 is 2.48 bits per heavy atom. The summed E-state index contributed by atoms with van der Waals surface area (Å²) in [4.78, 5) is 18.2. The smallest absolute Gasteiger partial charge is 0.225 e. The predicted molar refractivity (Wildman–Crippen MR) is 117 cm³/mol. The molecule has 0 saturated carbocycles. The lowest BCUT2D eigenvalue weighted by Gasteiger charge is -2.32. The molecule has 8 nitrogen and oxygen atoms in total. The fourth-order valence-electron chi connectivity index (χ4n) is 3.28. The third kappa shape index (κ3) is 6.35. The summed E-state index contributed by atoms with van der Waals surface area (Å²) >= 11 is 0. The van der Waals surface area contributed by atoms with E-state index in [9.17, 15) is 5.11 Å². The maximum Gasteiger partial charge on any atom is 0.225 e. The van der Waals surface area contributed by atoms with E-state index in [2.05, 4.69) is 56.3 Å². The van der Waals surface area contributed by atoms with Crippen molar-refractivity contribution >= 4 is 11.8 Å². The molecule has 0 aliphatic carbocycles. The van der Waals surface area contributed by atoms with E-state index in [0.29, 0.717) is 5.95 Å². The van der Waals surface area contributed by atoms with Gasteiger partial charge in [0.15, 0.2) is 0 Å². The lowest BCUT2D eigenvalue weighted by Crippen LogP contribution is -2.45. The number of pyridine rings is 1. The summed E-state index contributed by atoms with van der Waals surface area (Å²) in [6.07, 6.45) is 3.52. The maximum absolute atomic E-state index is 9.67. The van der Waals surface area contributed by atoms with E-state index in [4.69, 9.17) is 0 Å². The SMILES string of the molecule is CC(C)[C@H](CO)Nc1nc(NCCN2CCN(C)CC2)cc(-c2ccncc2)n1. The molecule has 1 fully saturated rings. The highest BCUT2D eigenvalue weighted by Crippen LogP contribution is 2.21. The number of likely N-dealkylation sites (N-methyl/N-ethyl adjacent to an activating group) is 1. The Balaban J connectivity index is 1.71. The Bertz CT molecular complexity index is 748. The second-order valence-corrected chi connectivity index (χ2v) is 7.95. The zero-order chi connectivity index (χ0) is 20.6. The molecule has 29 heavy (non-hydrogen) atoms. The Labute approximate surface area is 173 Å². The molecule has 3 rings (SSSR count). The van der Waals surface area contributed by atoms with Crippen molar-refractivity contribution in [1.29, 1.82) is 0 Å². The number of nitrogens with one attached hydrogen (secondary N) is 2. The highest BCUT2D eigenvalue weighted by molar-refractivity contribution is 5.64. The van der Waals surface area contributed by atoms with Crippen molar-refractivity contribution in [3.05, 3.63) is 30.6 Å². The predicted octanol–water partition coefficient (Wildman–Crippen LogP) is 1.63. The summed E-state index contributed by atoms with van der Waals surface area (Å²) in [7, 11) is 2.17. The van der Waals surface area contributed by atoms with Crippen LogP contribution in [0, 0.1) is 5.92 Å². The molecule has 2 aromatic rings. The van der Waals surface area contributed by atoms with Crippen LogP contribution in [0.15, 0.2) is 30.6 Å². The first kappa shape index (κ1) is 21.4. The van der Waals surface area contributed by atoms with Crippen LogP contribution in [0.25, 0.3) is 11.3 Å². The van der Waals surface area contributed by atoms with Crippen molar-refractivity contribution in [2.24, 2.45) is 5.92 Å². The molecule has 3 N–H and O–H groups in total. The molecule has 1 aliphatic heterocycles. The summed E-state index contributed by atoms with van der Waals surface area (Å²) in [5.74, 6) is 1.57. The lowest BCUT2D eigenvalue weighted by molar-refractivity contribution is 0.158. The average molecular weight is 400 g/mol. The van der Waals surface area contributed by atoms with Gasteiger partial charge in [-0.15, -0.1) is 0 Å². The van der Waals surface area contributed by atoms with Crippen LogP contribution < -0.4 is 10.6 Å². The van der Waals surface area contributed by atoms with Gasteiger partial charge < -0.3 is 20.6 Å². The highest BCUT2D eigenvalue weighted by atomic mass is 16.3. The maximum atomic E-state index is 9.67. The molecule has 1 saturated heterocycles. The molecule has 1 atom stereocenters. The summed E-state index contributed by atoms with van der Waals surface area (Å²) in [6, 6.07) is 5.74. The zero-order valence-electron chi connectivity index (χ0n) is 17.7. The van der Waals surface area contributed by atoms with Gasteiger partial charge in [-0.05, 0) is 25.1 Å². The largest absolute Gasteiger partial charge is 0.394 e. The van der Waals surface area contributed by atoms with Crippen LogP contribution in [0.3, 0.4) is 0 Å². The number of hydrogen-bond acceptors (Lipinski definition) is 8. The van der Waals surface area contributed by atoms with E-state index in [-0.39, 0.29) is 18.6 Å². The van der Waals surface area contributed by atoms with Crippen LogP contribution in [-0.2, 0) is 0 Å². The van der Waals surface area contributed by atoms with Gasteiger partial charge >= 0.3 is 0 Å². The number of rotatable bonds is 9. The molecular weight excluding hydrogens is 366 g/mol. The molecule has 158 valence electrons. The van der Waals surface area contributed by atoms with Crippen LogP contribution in [0.1, 0.15) is 13.8 Å². The summed E-state index contributed by atoms with van der Waals surface area (Å²) in [6.45, 7) is 10.4. The number of hydrogen-bond donors (Lipinski definition) is 3. The lowest BCUT2D eigenvalue weighted by atomic mass is 10.1. The zero-order valence-corrected chi connectivity index (χ0v) is 17.7. The standard InChI is InChI=1S/C21H33N7O/c1-16(2)19(15-29)25-21-24-18(17-4-6-22-7-5-17)14-20(26-21)23-8-9-28-12-10-27(3)11-13-28/h4-7,14,16,19,29H,8-13,15H2,1-3H3,(H2,23,24,25,26)/t19-/m0/s1. The van der Waals surface area contributed by atoms with E-state index in [1.54, 1.807) is 12.4 Å². The summed E-state index contributed by atoms with van der Waals surface area (Å²) in [5, 5.41) is 16.4. The third-order valence-corrected chi connectivity index (χ3v) is 5.35. The molecular formula is C21H33N7O. The molecule has 0 unspecified atom stereocenters. The van der Waals surface area contributed by atoms with Crippen LogP contribution in [0.4, 0.5) is 11.8 Å². The normalized spacial score (nSPS) is 16.7. The average Bonchev–Trinajstić information content (AvgIpc) is 2.74. The van der Waals surface area contributed by atoms with Gasteiger partial charge in [-0.25, -0.2) is 4.98 Å². The van der Waals surface area contributed by atoms with E-state index in [1.807, 2.05) is 18.2 Å². The van der Waals surface area contributed by atoms with Crippen LogP contribution in [-0.4, -0.2) is 88.8 Å². The van der Waals surface area contributed by atoms with Crippen molar-refractivity contribution in [3.8, 4) is 11.3 Å². The van der Waals surface area contributed by atoms with Gasteiger partial charge in [-0.3, -0.25) is 9.88 Å². The van der Waals surface area contributed by atoms with Gasteiger partial charge in [-0.2, -0.15) is 4.98 Å². The number of aliphatic hydroxyl groups excluding tert-OH is 1. The van der Waals surface area contributed by atoms with Gasteiger partial charge in [0.25, 0.3) is 0 Å². The molecule has 0 aromatic carbocycles. The Hall–Kier alpha value is -2.29.